The molecule has 1 aromatic carbocycles. The van der Waals surface area contributed by atoms with Gasteiger partial charge in [0, 0.05) is 22.4 Å². The maximum Gasteiger partial charge on any atom is 0.0881 e. The summed E-state index contributed by atoms with van der Waals surface area (Å²) in [4.78, 5) is 1.10. The van der Waals surface area contributed by atoms with Crippen LogP contribution in [0.2, 0.25) is 5.02 Å². The summed E-state index contributed by atoms with van der Waals surface area (Å²) >= 11 is 7.71. The molecule has 96 valence electrons. The van der Waals surface area contributed by atoms with Gasteiger partial charge in [0.15, 0.2) is 0 Å². The average molecular weight is 282 g/mol. The van der Waals surface area contributed by atoms with Crippen LogP contribution in [-0.2, 0) is 0 Å². The van der Waals surface area contributed by atoms with Crippen LogP contribution in [0.1, 0.15) is 28.0 Å². The number of aliphatic hydroxyl groups is 1. The normalized spacial score (nSPS) is 14.4. The van der Waals surface area contributed by atoms with Crippen molar-refractivity contribution in [2.45, 2.75) is 18.9 Å². The van der Waals surface area contributed by atoms with Crippen LogP contribution in [0, 0.1) is 6.92 Å². The third kappa shape index (κ3) is 2.59. The molecule has 0 bridgehead atoms. The fourth-order valence-electron chi connectivity index (χ4n) is 2.06. The van der Waals surface area contributed by atoms with Crippen LogP contribution >= 0.6 is 22.9 Å². The number of halogens is 1. The minimum absolute atomic E-state index is 0.0813. The Morgan fingerprint density at radius 3 is 2.72 bits per heavy atom. The standard InChI is InChI=1S/C14H16ClNOS/c1-9-10(4-2-5-12(9)15)14(17)11(8-16)13-6-3-7-18-13/h2-7,11,14,17H,8,16H2,1H3. The molecule has 0 aliphatic carbocycles. The summed E-state index contributed by atoms with van der Waals surface area (Å²) in [6.07, 6.45) is -0.618. The fraction of sp³-hybridized carbons (Fsp3) is 0.286. The van der Waals surface area contributed by atoms with E-state index < -0.39 is 6.10 Å². The second kappa shape index (κ2) is 5.85. The van der Waals surface area contributed by atoms with Crippen LogP contribution < -0.4 is 5.73 Å². The Morgan fingerprint density at radius 2 is 2.11 bits per heavy atom. The Kier molecular flexibility index (Phi) is 4.40. The minimum Gasteiger partial charge on any atom is -0.388 e. The number of thiophene rings is 1. The quantitative estimate of drug-likeness (QED) is 0.901. The molecule has 1 heterocycles. The Labute approximate surface area is 116 Å². The molecule has 1 aromatic heterocycles. The van der Waals surface area contributed by atoms with E-state index in [2.05, 4.69) is 0 Å². The summed E-state index contributed by atoms with van der Waals surface area (Å²) < 4.78 is 0. The summed E-state index contributed by atoms with van der Waals surface area (Å²) in [6.45, 7) is 2.33. The number of benzene rings is 1. The highest BCUT2D eigenvalue weighted by atomic mass is 35.5. The highest BCUT2D eigenvalue weighted by Gasteiger charge is 2.24. The molecule has 0 saturated heterocycles. The zero-order valence-electron chi connectivity index (χ0n) is 10.1. The van der Waals surface area contributed by atoms with E-state index in [4.69, 9.17) is 17.3 Å². The van der Waals surface area contributed by atoms with E-state index in [-0.39, 0.29) is 5.92 Å². The van der Waals surface area contributed by atoms with Crippen molar-refractivity contribution in [3.05, 3.63) is 56.7 Å². The molecule has 0 aliphatic rings. The fourth-order valence-corrected chi connectivity index (χ4v) is 3.12. The van der Waals surface area contributed by atoms with E-state index in [0.717, 1.165) is 16.0 Å². The van der Waals surface area contributed by atoms with Crippen LogP contribution in [-0.4, -0.2) is 11.7 Å². The predicted molar refractivity (Wildman–Crippen MR) is 77.3 cm³/mol. The third-order valence-electron chi connectivity index (χ3n) is 3.17. The Hall–Kier alpha value is -0.870. The highest BCUT2D eigenvalue weighted by Crippen LogP contribution is 2.35. The van der Waals surface area contributed by atoms with Crippen LogP contribution in [0.5, 0.6) is 0 Å². The van der Waals surface area contributed by atoms with E-state index in [1.807, 2.05) is 42.6 Å². The first-order valence-corrected chi connectivity index (χ1v) is 7.07. The van der Waals surface area contributed by atoms with Crippen molar-refractivity contribution in [3.63, 3.8) is 0 Å². The smallest absolute Gasteiger partial charge is 0.0881 e. The summed E-state index contributed by atoms with van der Waals surface area (Å²) in [5, 5.41) is 13.2. The van der Waals surface area contributed by atoms with Gasteiger partial charge in [0.1, 0.15) is 0 Å². The van der Waals surface area contributed by atoms with Crippen molar-refractivity contribution >= 4 is 22.9 Å². The molecule has 0 amide bonds. The minimum atomic E-state index is -0.618. The van der Waals surface area contributed by atoms with Gasteiger partial charge >= 0.3 is 0 Å². The number of hydrogen-bond donors (Lipinski definition) is 2. The molecule has 18 heavy (non-hydrogen) atoms. The zero-order chi connectivity index (χ0) is 13.1. The second-order valence-electron chi connectivity index (χ2n) is 4.26. The molecule has 4 heteroatoms. The zero-order valence-corrected chi connectivity index (χ0v) is 11.7. The van der Waals surface area contributed by atoms with Crippen molar-refractivity contribution in [2.24, 2.45) is 5.73 Å². The van der Waals surface area contributed by atoms with E-state index in [0.29, 0.717) is 11.6 Å². The Morgan fingerprint density at radius 1 is 1.33 bits per heavy atom. The van der Waals surface area contributed by atoms with Gasteiger partial charge in [-0.25, -0.2) is 0 Å². The first-order valence-electron chi connectivity index (χ1n) is 5.81. The van der Waals surface area contributed by atoms with Crippen molar-refractivity contribution in [1.82, 2.24) is 0 Å². The molecule has 2 atom stereocenters. The molecule has 2 aromatic rings. The third-order valence-corrected chi connectivity index (χ3v) is 4.59. The van der Waals surface area contributed by atoms with E-state index >= 15 is 0 Å². The van der Waals surface area contributed by atoms with Crippen LogP contribution in [0.3, 0.4) is 0 Å². The summed E-state index contributed by atoms with van der Waals surface area (Å²) in [5.41, 5.74) is 7.58. The molecular weight excluding hydrogens is 266 g/mol. The van der Waals surface area contributed by atoms with Gasteiger partial charge in [-0.05, 0) is 35.6 Å². The molecule has 2 rings (SSSR count). The first kappa shape index (κ1) is 13.6. The summed E-state index contributed by atoms with van der Waals surface area (Å²) in [5.74, 6) is -0.0813. The lowest BCUT2D eigenvalue weighted by atomic mass is 9.91. The molecule has 0 fully saturated rings. The predicted octanol–water partition coefficient (Wildman–Crippen LogP) is 3.49. The molecule has 0 saturated carbocycles. The lowest BCUT2D eigenvalue weighted by molar-refractivity contribution is 0.148. The van der Waals surface area contributed by atoms with Crippen molar-refractivity contribution in [3.8, 4) is 0 Å². The van der Waals surface area contributed by atoms with Crippen molar-refractivity contribution in [2.75, 3.05) is 6.54 Å². The topological polar surface area (TPSA) is 46.2 Å². The van der Waals surface area contributed by atoms with E-state index in [1.54, 1.807) is 11.3 Å². The highest BCUT2D eigenvalue weighted by molar-refractivity contribution is 7.10. The van der Waals surface area contributed by atoms with Gasteiger partial charge in [0.05, 0.1) is 6.10 Å². The van der Waals surface area contributed by atoms with Gasteiger partial charge in [-0.15, -0.1) is 11.3 Å². The molecule has 0 aliphatic heterocycles. The molecule has 3 N–H and O–H groups in total. The van der Waals surface area contributed by atoms with E-state index in [9.17, 15) is 5.11 Å². The summed E-state index contributed by atoms with van der Waals surface area (Å²) in [6, 6.07) is 9.57. The number of hydrogen-bond acceptors (Lipinski definition) is 3. The summed E-state index contributed by atoms with van der Waals surface area (Å²) in [7, 11) is 0. The second-order valence-corrected chi connectivity index (χ2v) is 5.64. The molecule has 0 spiro atoms. The monoisotopic (exact) mass is 281 g/mol. The maximum absolute atomic E-state index is 10.5. The number of rotatable bonds is 4. The van der Waals surface area contributed by atoms with Crippen molar-refractivity contribution < 1.29 is 5.11 Å². The van der Waals surface area contributed by atoms with Gasteiger partial charge in [0.25, 0.3) is 0 Å². The van der Waals surface area contributed by atoms with Gasteiger partial charge in [0.2, 0.25) is 0 Å². The van der Waals surface area contributed by atoms with Gasteiger partial charge < -0.3 is 10.8 Å². The lowest BCUT2D eigenvalue weighted by Crippen LogP contribution is -2.20. The van der Waals surface area contributed by atoms with Crippen LogP contribution in [0.25, 0.3) is 0 Å². The van der Waals surface area contributed by atoms with Crippen molar-refractivity contribution in [1.29, 1.82) is 0 Å². The van der Waals surface area contributed by atoms with Crippen LogP contribution in [0.4, 0.5) is 0 Å². The van der Waals surface area contributed by atoms with Gasteiger partial charge in [-0.3, -0.25) is 0 Å². The van der Waals surface area contributed by atoms with Gasteiger partial charge in [-0.2, -0.15) is 0 Å². The van der Waals surface area contributed by atoms with Crippen LogP contribution in [0.15, 0.2) is 35.7 Å². The largest absolute Gasteiger partial charge is 0.388 e. The number of nitrogens with two attached hydrogens (primary N) is 1. The molecular formula is C14H16ClNOS. The first-order chi connectivity index (χ1) is 8.65. The number of aliphatic hydroxyl groups excluding tert-OH is 1. The SMILES string of the molecule is Cc1c(Cl)cccc1C(O)C(CN)c1cccs1. The Bertz CT molecular complexity index is 513. The lowest BCUT2D eigenvalue weighted by Gasteiger charge is -2.22. The molecule has 2 unspecified atom stereocenters. The molecule has 2 nitrogen and oxygen atoms in total. The maximum atomic E-state index is 10.5. The average Bonchev–Trinajstić information content (AvgIpc) is 2.87. The Balaban J connectivity index is 2.35. The van der Waals surface area contributed by atoms with E-state index in [1.165, 1.54) is 0 Å². The van der Waals surface area contributed by atoms with Gasteiger partial charge in [-0.1, -0.05) is 29.8 Å². The molecule has 0 radical (unpaired) electrons.